The molecule has 0 saturated heterocycles. The lowest BCUT2D eigenvalue weighted by Crippen LogP contribution is -2.05. The monoisotopic (exact) mass is 433 g/mol. The van der Waals surface area contributed by atoms with Crippen LogP contribution in [0.15, 0.2) is 103 Å². The summed E-state index contributed by atoms with van der Waals surface area (Å²) in [6.07, 6.45) is 0.803. The molecule has 5 rings (SSSR count). The highest BCUT2D eigenvalue weighted by Crippen LogP contribution is 2.31. The van der Waals surface area contributed by atoms with Crippen LogP contribution in [0.2, 0.25) is 0 Å². The number of ether oxygens (including phenoxy) is 2. The first-order valence-electron chi connectivity index (χ1n) is 11.3. The molecule has 164 valence electrons. The van der Waals surface area contributed by atoms with E-state index in [9.17, 15) is 0 Å². The lowest BCUT2D eigenvalue weighted by molar-refractivity contribution is 0.256. The summed E-state index contributed by atoms with van der Waals surface area (Å²) in [6, 6.07) is 35.7. The van der Waals surface area contributed by atoms with Crippen LogP contribution in [0.3, 0.4) is 0 Å². The van der Waals surface area contributed by atoms with Crippen molar-refractivity contribution in [3.8, 4) is 11.5 Å². The van der Waals surface area contributed by atoms with Crippen LogP contribution < -0.4 is 15.2 Å². The van der Waals surface area contributed by atoms with Crippen molar-refractivity contribution in [2.75, 3.05) is 6.54 Å². The molecule has 0 aromatic heterocycles. The summed E-state index contributed by atoms with van der Waals surface area (Å²) in [6.45, 7) is 1.55. The van der Waals surface area contributed by atoms with Gasteiger partial charge in [0.05, 0.1) is 0 Å². The minimum absolute atomic E-state index is 0.475. The first-order chi connectivity index (χ1) is 16.3. The van der Waals surface area contributed by atoms with E-state index in [1.807, 2.05) is 12.1 Å². The highest BCUT2D eigenvalue weighted by atomic mass is 16.5. The first-order valence-corrected chi connectivity index (χ1v) is 11.3. The van der Waals surface area contributed by atoms with Gasteiger partial charge in [-0.1, -0.05) is 78.9 Å². The SMILES string of the molecule is NCCc1ccc(OCc2ccc3ccccc3c2)c(OCc2ccc3ccccc3c2)c1. The summed E-state index contributed by atoms with van der Waals surface area (Å²) >= 11 is 0. The Balaban J connectivity index is 1.34. The third-order valence-electron chi connectivity index (χ3n) is 5.86. The summed E-state index contributed by atoms with van der Waals surface area (Å²) in [5, 5.41) is 4.88. The lowest BCUT2D eigenvalue weighted by atomic mass is 10.1. The summed E-state index contributed by atoms with van der Waals surface area (Å²) in [4.78, 5) is 0. The fraction of sp³-hybridized carbons (Fsp3) is 0.133. The molecule has 0 aliphatic rings. The molecule has 0 bridgehead atoms. The van der Waals surface area contributed by atoms with Gasteiger partial charge in [-0.3, -0.25) is 0 Å². The third-order valence-corrected chi connectivity index (χ3v) is 5.86. The van der Waals surface area contributed by atoms with Crippen molar-refractivity contribution in [1.82, 2.24) is 0 Å². The van der Waals surface area contributed by atoms with E-state index in [0.717, 1.165) is 34.6 Å². The molecular formula is C30H27NO2. The molecule has 2 N–H and O–H groups in total. The maximum absolute atomic E-state index is 6.25. The van der Waals surface area contributed by atoms with E-state index in [1.54, 1.807) is 0 Å². The largest absolute Gasteiger partial charge is 0.485 e. The number of nitrogens with two attached hydrogens (primary N) is 1. The highest BCUT2D eigenvalue weighted by Gasteiger charge is 2.09. The van der Waals surface area contributed by atoms with Gasteiger partial charge in [0.25, 0.3) is 0 Å². The molecule has 3 nitrogen and oxygen atoms in total. The Morgan fingerprint density at radius 2 is 1.00 bits per heavy atom. The van der Waals surface area contributed by atoms with E-state index >= 15 is 0 Å². The van der Waals surface area contributed by atoms with Crippen molar-refractivity contribution < 1.29 is 9.47 Å². The Morgan fingerprint density at radius 3 is 1.58 bits per heavy atom. The molecule has 0 radical (unpaired) electrons. The normalized spacial score (nSPS) is 11.1. The number of fused-ring (bicyclic) bond motifs is 2. The van der Waals surface area contributed by atoms with E-state index in [0.29, 0.717) is 19.8 Å². The molecule has 33 heavy (non-hydrogen) atoms. The van der Waals surface area contributed by atoms with Crippen molar-refractivity contribution in [1.29, 1.82) is 0 Å². The fourth-order valence-corrected chi connectivity index (χ4v) is 4.09. The predicted molar refractivity (Wildman–Crippen MR) is 136 cm³/mol. The van der Waals surface area contributed by atoms with Gasteiger partial charge in [0.2, 0.25) is 0 Å². The topological polar surface area (TPSA) is 44.5 Å². The Kier molecular flexibility index (Phi) is 6.23. The van der Waals surface area contributed by atoms with Gasteiger partial charge in [-0.25, -0.2) is 0 Å². The molecule has 0 spiro atoms. The van der Waals surface area contributed by atoms with Crippen LogP contribution in [0.25, 0.3) is 21.5 Å². The van der Waals surface area contributed by atoms with Gasteiger partial charge < -0.3 is 15.2 Å². The number of benzene rings is 5. The van der Waals surface area contributed by atoms with Crippen LogP contribution in [0.1, 0.15) is 16.7 Å². The van der Waals surface area contributed by atoms with Crippen molar-refractivity contribution in [3.63, 3.8) is 0 Å². The second kappa shape index (κ2) is 9.76. The molecule has 0 atom stereocenters. The molecule has 0 unspecified atom stereocenters. The minimum atomic E-state index is 0.475. The first kappa shape index (κ1) is 21.0. The van der Waals surface area contributed by atoms with Gasteiger partial charge in [0.15, 0.2) is 11.5 Å². The molecule has 0 heterocycles. The summed E-state index contributed by atoms with van der Waals surface area (Å²) in [7, 11) is 0. The Hall–Kier alpha value is -3.82. The standard InChI is InChI=1S/C30H27NO2/c31-16-15-22-11-14-29(32-20-23-9-12-25-5-1-3-7-27(25)17-23)30(19-22)33-21-24-10-13-26-6-2-4-8-28(26)18-24/h1-14,17-19H,15-16,20-21,31H2. The maximum atomic E-state index is 6.25. The minimum Gasteiger partial charge on any atom is -0.485 e. The second-order valence-corrected chi connectivity index (χ2v) is 8.26. The predicted octanol–water partition coefficient (Wildman–Crippen LogP) is 6.65. The molecular weight excluding hydrogens is 406 g/mol. The Bertz CT molecular complexity index is 1390. The summed E-state index contributed by atoms with van der Waals surface area (Å²) < 4.78 is 12.5. The third kappa shape index (κ3) is 5.00. The van der Waals surface area contributed by atoms with Crippen LogP contribution in [0, 0.1) is 0 Å². The van der Waals surface area contributed by atoms with Gasteiger partial charge in [-0.05, 0) is 75.5 Å². The summed E-state index contributed by atoms with van der Waals surface area (Å²) in [5.41, 5.74) is 9.17. The Morgan fingerprint density at radius 1 is 0.485 bits per heavy atom. The molecule has 0 fully saturated rings. The van der Waals surface area contributed by atoms with Crippen molar-refractivity contribution in [3.05, 3.63) is 120 Å². The van der Waals surface area contributed by atoms with E-state index in [4.69, 9.17) is 15.2 Å². The zero-order valence-corrected chi connectivity index (χ0v) is 18.5. The molecule has 0 amide bonds. The number of hydrogen-bond donors (Lipinski definition) is 1. The molecule has 3 heteroatoms. The van der Waals surface area contributed by atoms with Gasteiger partial charge in [0, 0.05) is 0 Å². The maximum Gasteiger partial charge on any atom is 0.161 e. The van der Waals surface area contributed by atoms with E-state index in [2.05, 4.69) is 91.0 Å². The quantitative estimate of drug-likeness (QED) is 0.298. The van der Waals surface area contributed by atoms with E-state index in [-0.39, 0.29) is 0 Å². The highest BCUT2D eigenvalue weighted by molar-refractivity contribution is 5.83. The van der Waals surface area contributed by atoms with Crippen molar-refractivity contribution >= 4 is 21.5 Å². The van der Waals surface area contributed by atoms with Crippen LogP contribution in [0.5, 0.6) is 11.5 Å². The van der Waals surface area contributed by atoms with Gasteiger partial charge in [-0.15, -0.1) is 0 Å². The van der Waals surface area contributed by atoms with Gasteiger partial charge >= 0.3 is 0 Å². The summed E-state index contributed by atoms with van der Waals surface area (Å²) in [5.74, 6) is 1.49. The van der Waals surface area contributed by atoms with E-state index < -0.39 is 0 Å². The molecule has 0 aliphatic carbocycles. The smallest absolute Gasteiger partial charge is 0.161 e. The number of hydrogen-bond acceptors (Lipinski definition) is 3. The zero-order chi connectivity index (χ0) is 22.5. The number of rotatable bonds is 8. The second-order valence-electron chi connectivity index (χ2n) is 8.26. The molecule has 5 aromatic carbocycles. The van der Waals surface area contributed by atoms with Crippen molar-refractivity contribution in [2.24, 2.45) is 5.73 Å². The zero-order valence-electron chi connectivity index (χ0n) is 18.5. The lowest BCUT2D eigenvalue weighted by Gasteiger charge is -2.15. The molecule has 5 aromatic rings. The Labute approximate surface area is 194 Å². The van der Waals surface area contributed by atoms with Crippen molar-refractivity contribution in [2.45, 2.75) is 19.6 Å². The van der Waals surface area contributed by atoms with Crippen LogP contribution in [-0.2, 0) is 19.6 Å². The van der Waals surface area contributed by atoms with Gasteiger partial charge in [0.1, 0.15) is 13.2 Å². The average Bonchev–Trinajstić information content (AvgIpc) is 2.87. The fourth-order valence-electron chi connectivity index (χ4n) is 4.09. The van der Waals surface area contributed by atoms with Crippen LogP contribution in [-0.4, -0.2) is 6.54 Å². The molecule has 0 saturated carbocycles. The van der Waals surface area contributed by atoms with Crippen LogP contribution >= 0.6 is 0 Å². The van der Waals surface area contributed by atoms with E-state index in [1.165, 1.54) is 21.5 Å². The molecule has 0 aliphatic heterocycles. The van der Waals surface area contributed by atoms with Gasteiger partial charge in [-0.2, -0.15) is 0 Å². The van der Waals surface area contributed by atoms with Crippen LogP contribution in [0.4, 0.5) is 0 Å². The average molecular weight is 434 g/mol.